The molecule has 0 aromatic heterocycles. The van der Waals surface area contributed by atoms with Gasteiger partial charge in [0.25, 0.3) is 0 Å². The lowest BCUT2D eigenvalue weighted by Crippen LogP contribution is -2.32. The van der Waals surface area contributed by atoms with Gasteiger partial charge in [-0.1, -0.05) is 57.9 Å². The van der Waals surface area contributed by atoms with Crippen molar-refractivity contribution >= 4 is 29.8 Å². The molecular formula is C19H32ClNO4S2. The number of hydrogen-bond acceptors (Lipinski definition) is 4. The van der Waals surface area contributed by atoms with Crippen LogP contribution in [0.25, 0.3) is 0 Å². The third kappa shape index (κ3) is 9.41. The minimum Gasteiger partial charge on any atom is -0.212 e. The first kappa shape index (κ1) is 24.4. The van der Waals surface area contributed by atoms with Crippen LogP contribution in [0.5, 0.6) is 0 Å². The monoisotopic (exact) mass is 437 g/mol. The molecule has 1 rings (SSSR count). The molecule has 0 radical (unpaired) electrons. The van der Waals surface area contributed by atoms with Gasteiger partial charge in [0, 0.05) is 23.8 Å². The summed E-state index contributed by atoms with van der Waals surface area (Å²) in [6, 6.07) is 8.16. The Morgan fingerprint density at radius 1 is 0.889 bits per heavy atom. The second kappa shape index (κ2) is 11.4. The van der Waals surface area contributed by atoms with E-state index >= 15 is 0 Å². The van der Waals surface area contributed by atoms with E-state index in [0.717, 1.165) is 24.8 Å². The van der Waals surface area contributed by atoms with E-state index in [9.17, 15) is 16.8 Å². The summed E-state index contributed by atoms with van der Waals surface area (Å²) >= 11 is 0. The van der Waals surface area contributed by atoms with Gasteiger partial charge in [-0.3, -0.25) is 0 Å². The summed E-state index contributed by atoms with van der Waals surface area (Å²) in [6.07, 6.45) is 3.88. The van der Waals surface area contributed by atoms with Crippen LogP contribution in [-0.4, -0.2) is 39.2 Å². The highest BCUT2D eigenvalue weighted by Gasteiger charge is 2.20. The maximum absolute atomic E-state index is 12.5. The summed E-state index contributed by atoms with van der Waals surface area (Å²) < 4.78 is 48.3. The van der Waals surface area contributed by atoms with Crippen molar-refractivity contribution in [1.29, 1.82) is 0 Å². The van der Waals surface area contributed by atoms with Gasteiger partial charge in [0.15, 0.2) is 0 Å². The molecule has 0 N–H and O–H groups in total. The van der Waals surface area contributed by atoms with Crippen LogP contribution >= 0.6 is 10.7 Å². The first-order valence-electron chi connectivity index (χ1n) is 9.59. The fourth-order valence-electron chi connectivity index (χ4n) is 2.99. The van der Waals surface area contributed by atoms with E-state index in [2.05, 4.69) is 26.0 Å². The van der Waals surface area contributed by atoms with E-state index in [1.54, 1.807) is 0 Å². The van der Waals surface area contributed by atoms with Crippen molar-refractivity contribution in [3.8, 4) is 0 Å². The molecule has 0 fully saturated rings. The topological polar surface area (TPSA) is 71.5 Å². The van der Waals surface area contributed by atoms with Gasteiger partial charge in [-0.2, -0.15) is 4.31 Å². The van der Waals surface area contributed by atoms with Gasteiger partial charge in [-0.25, -0.2) is 16.8 Å². The Morgan fingerprint density at radius 3 is 1.89 bits per heavy atom. The number of sulfonamides is 1. The fourth-order valence-corrected chi connectivity index (χ4v) is 5.43. The smallest absolute Gasteiger partial charge is 0.212 e. The molecule has 0 aliphatic heterocycles. The molecular weight excluding hydrogens is 406 g/mol. The molecule has 0 bridgehead atoms. The Labute approximate surface area is 169 Å². The molecule has 8 heteroatoms. The summed E-state index contributed by atoms with van der Waals surface area (Å²) in [6.45, 7) is 6.93. The second-order valence-corrected chi connectivity index (χ2v) is 11.9. The van der Waals surface area contributed by atoms with Crippen LogP contribution < -0.4 is 0 Å². The zero-order valence-corrected chi connectivity index (χ0v) is 18.9. The normalized spacial score (nSPS) is 12.8. The highest BCUT2D eigenvalue weighted by atomic mass is 35.7. The van der Waals surface area contributed by atoms with E-state index < -0.39 is 19.1 Å². The molecule has 1 aromatic rings. The van der Waals surface area contributed by atoms with Gasteiger partial charge >= 0.3 is 0 Å². The Morgan fingerprint density at radius 2 is 1.41 bits per heavy atom. The molecule has 0 unspecified atom stereocenters. The van der Waals surface area contributed by atoms with Gasteiger partial charge in [0.1, 0.15) is 0 Å². The van der Waals surface area contributed by atoms with E-state index in [0.29, 0.717) is 19.0 Å². The molecule has 156 valence electrons. The number of unbranched alkanes of at least 4 members (excludes halogenated alkanes) is 1. The lowest BCUT2D eigenvalue weighted by Gasteiger charge is -2.21. The number of benzene rings is 1. The molecule has 0 saturated heterocycles. The minimum absolute atomic E-state index is 0.0694. The summed E-state index contributed by atoms with van der Waals surface area (Å²) in [5.41, 5.74) is 2.23. The largest absolute Gasteiger partial charge is 0.232 e. The van der Waals surface area contributed by atoms with Gasteiger partial charge in [0.2, 0.25) is 19.1 Å². The summed E-state index contributed by atoms with van der Waals surface area (Å²) in [5, 5.41) is 0. The highest BCUT2D eigenvalue weighted by Crippen LogP contribution is 2.18. The molecule has 0 heterocycles. The maximum Gasteiger partial charge on any atom is 0.232 e. The van der Waals surface area contributed by atoms with Crippen LogP contribution in [0.3, 0.4) is 0 Å². The van der Waals surface area contributed by atoms with Crippen molar-refractivity contribution in [3.05, 3.63) is 35.4 Å². The number of halogens is 1. The van der Waals surface area contributed by atoms with E-state index in [1.807, 2.05) is 19.1 Å². The molecule has 27 heavy (non-hydrogen) atoms. The summed E-state index contributed by atoms with van der Waals surface area (Å²) in [5.74, 6) is 0.411. The van der Waals surface area contributed by atoms with Gasteiger partial charge < -0.3 is 0 Å². The molecule has 0 atom stereocenters. The van der Waals surface area contributed by atoms with E-state index in [1.165, 1.54) is 9.87 Å². The van der Waals surface area contributed by atoms with Crippen LogP contribution in [0, 0.1) is 5.92 Å². The van der Waals surface area contributed by atoms with Gasteiger partial charge in [-0.15, -0.1) is 0 Å². The Bertz CT molecular complexity index is 757. The average Bonchev–Trinajstić information content (AvgIpc) is 2.61. The lowest BCUT2D eigenvalue weighted by atomic mass is 9.94. The standard InChI is InChI=1S/C19H32ClNO4S2/c1-4-17(5-2)15-18-9-11-19(12-10-18)16-21(6-3)27(24,25)14-8-7-13-26(20,22)23/h9-12,17H,4-8,13-16H2,1-3H3. The highest BCUT2D eigenvalue weighted by molar-refractivity contribution is 8.13. The van der Waals surface area contributed by atoms with Gasteiger partial charge in [0.05, 0.1) is 11.5 Å². The minimum atomic E-state index is -3.57. The quantitative estimate of drug-likeness (QED) is 0.343. The Kier molecular flexibility index (Phi) is 10.3. The first-order chi connectivity index (χ1) is 12.6. The molecule has 1 aromatic carbocycles. The molecule has 0 aliphatic carbocycles. The van der Waals surface area contributed by atoms with E-state index in [-0.39, 0.29) is 24.3 Å². The van der Waals surface area contributed by atoms with Crippen molar-refractivity contribution in [2.24, 2.45) is 5.92 Å². The predicted molar refractivity (Wildman–Crippen MR) is 113 cm³/mol. The first-order valence-corrected chi connectivity index (χ1v) is 13.7. The Balaban J connectivity index is 2.65. The van der Waals surface area contributed by atoms with Crippen molar-refractivity contribution in [3.63, 3.8) is 0 Å². The Hall–Kier alpha value is -0.630. The number of rotatable bonds is 13. The zero-order chi connectivity index (χ0) is 20.5. The van der Waals surface area contributed by atoms with Crippen LogP contribution in [0.4, 0.5) is 0 Å². The number of hydrogen-bond donors (Lipinski definition) is 0. The third-order valence-electron chi connectivity index (χ3n) is 4.85. The molecule has 5 nitrogen and oxygen atoms in total. The van der Waals surface area contributed by atoms with Crippen molar-refractivity contribution in [2.45, 2.75) is 59.4 Å². The number of nitrogens with zero attached hydrogens (tertiary/aromatic N) is 1. The SMILES string of the molecule is CCC(CC)Cc1ccc(CN(CC)S(=O)(=O)CCCCS(=O)(=O)Cl)cc1. The average molecular weight is 438 g/mol. The fraction of sp³-hybridized carbons (Fsp3) is 0.684. The maximum atomic E-state index is 12.5. The summed E-state index contributed by atoms with van der Waals surface area (Å²) in [7, 11) is -1.84. The van der Waals surface area contributed by atoms with Gasteiger partial charge in [-0.05, 0) is 36.3 Å². The van der Waals surface area contributed by atoms with Crippen LogP contribution in [0.2, 0.25) is 0 Å². The van der Waals surface area contributed by atoms with Crippen LogP contribution in [-0.2, 0) is 32.0 Å². The third-order valence-corrected chi connectivity index (χ3v) is 8.07. The summed E-state index contributed by atoms with van der Waals surface area (Å²) in [4.78, 5) is 0. The van der Waals surface area contributed by atoms with Crippen molar-refractivity contribution in [1.82, 2.24) is 4.31 Å². The van der Waals surface area contributed by atoms with Crippen molar-refractivity contribution in [2.75, 3.05) is 18.1 Å². The molecule has 0 saturated carbocycles. The molecule has 0 spiro atoms. The molecule has 0 aliphatic rings. The predicted octanol–water partition coefficient (Wildman–Crippen LogP) is 4.17. The second-order valence-electron chi connectivity index (χ2n) is 6.90. The van der Waals surface area contributed by atoms with Crippen molar-refractivity contribution < 1.29 is 16.8 Å². The van der Waals surface area contributed by atoms with E-state index in [4.69, 9.17) is 10.7 Å². The molecule has 0 amide bonds. The zero-order valence-electron chi connectivity index (χ0n) is 16.5. The lowest BCUT2D eigenvalue weighted by molar-refractivity contribution is 0.422. The van der Waals surface area contributed by atoms with Crippen LogP contribution in [0.1, 0.15) is 57.6 Å². The van der Waals surface area contributed by atoms with Crippen LogP contribution in [0.15, 0.2) is 24.3 Å².